The molecule has 3 nitrogen and oxygen atoms in total. The van der Waals surface area contributed by atoms with Gasteiger partial charge in [-0.3, -0.25) is 0 Å². The molecule has 9 heavy (non-hydrogen) atoms. The lowest BCUT2D eigenvalue weighted by molar-refractivity contribution is 0.548. The second kappa shape index (κ2) is 2.14. The van der Waals surface area contributed by atoms with Gasteiger partial charge in [0.25, 0.3) is 0 Å². The molecule has 1 rings (SSSR count). The van der Waals surface area contributed by atoms with Crippen molar-refractivity contribution in [2.45, 2.75) is 6.92 Å². The highest BCUT2D eigenvalue weighted by molar-refractivity contribution is 7.80. The van der Waals surface area contributed by atoms with Crippen LogP contribution in [0, 0.1) is 6.92 Å². The molecule has 0 radical (unpaired) electrons. The fraction of sp³-hybridized carbons (Fsp3) is 0.200. The van der Waals surface area contributed by atoms with Crippen LogP contribution < -0.4 is 5.73 Å². The molecule has 0 atom stereocenters. The molecule has 0 aliphatic heterocycles. The summed E-state index contributed by atoms with van der Waals surface area (Å²) < 4.78 is 4.85. The van der Waals surface area contributed by atoms with Gasteiger partial charge < -0.3 is 10.2 Å². The first kappa shape index (κ1) is 6.22. The Labute approximate surface area is 57.9 Å². The Bertz CT molecular complexity index is 231. The van der Waals surface area contributed by atoms with Gasteiger partial charge in [0.1, 0.15) is 4.99 Å². The Kier molecular flexibility index (Phi) is 1.48. The summed E-state index contributed by atoms with van der Waals surface area (Å²) in [7, 11) is 0. The molecule has 0 unspecified atom stereocenters. The van der Waals surface area contributed by atoms with Crippen molar-refractivity contribution in [3.63, 3.8) is 0 Å². The normalized spacial score (nSPS) is 9.44. The van der Waals surface area contributed by atoms with Crippen LogP contribution in [0.25, 0.3) is 0 Å². The SMILES string of the molecule is Cc1ncoc1C(N)=S. The van der Waals surface area contributed by atoms with Crippen molar-refractivity contribution in [1.82, 2.24) is 4.98 Å². The molecular weight excluding hydrogens is 136 g/mol. The molecule has 1 heterocycles. The summed E-state index contributed by atoms with van der Waals surface area (Å²) in [6, 6.07) is 0. The highest BCUT2D eigenvalue weighted by atomic mass is 32.1. The predicted molar refractivity (Wildman–Crippen MR) is 37.1 cm³/mol. The van der Waals surface area contributed by atoms with Crippen LogP contribution >= 0.6 is 12.2 Å². The number of nitrogens with two attached hydrogens (primary N) is 1. The largest absolute Gasteiger partial charge is 0.441 e. The quantitative estimate of drug-likeness (QED) is 0.584. The van der Waals surface area contributed by atoms with E-state index in [9.17, 15) is 0 Å². The van der Waals surface area contributed by atoms with Gasteiger partial charge in [0.05, 0.1) is 5.69 Å². The highest BCUT2D eigenvalue weighted by Crippen LogP contribution is 2.02. The molecule has 48 valence electrons. The predicted octanol–water partition coefficient (Wildman–Crippen LogP) is 0.617. The van der Waals surface area contributed by atoms with Crippen molar-refractivity contribution < 1.29 is 4.42 Å². The number of aromatic nitrogens is 1. The van der Waals surface area contributed by atoms with E-state index in [1.54, 1.807) is 6.92 Å². The van der Waals surface area contributed by atoms with Crippen molar-refractivity contribution in [1.29, 1.82) is 0 Å². The van der Waals surface area contributed by atoms with Gasteiger partial charge in [-0.15, -0.1) is 0 Å². The van der Waals surface area contributed by atoms with E-state index >= 15 is 0 Å². The molecule has 4 heteroatoms. The van der Waals surface area contributed by atoms with Gasteiger partial charge in [-0.25, -0.2) is 4.98 Å². The maximum atomic E-state index is 5.26. The average molecular weight is 142 g/mol. The fourth-order valence-electron chi connectivity index (χ4n) is 0.538. The van der Waals surface area contributed by atoms with Crippen LogP contribution in [0.4, 0.5) is 0 Å². The minimum Gasteiger partial charge on any atom is -0.441 e. The van der Waals surface area contributed by atoms with Crippen LogP contribution in [0.2, 0.25) is 0 Å². The first-order valence-corrected chi connectivity index (χ1v) is 2.82. The van der Waals surface area contributed by atoms with E-state index in [0.29, 0.717) is 5.76 Å². The van der Waals surface area contributed by atoms with E-state index in [4.69, 9.17) is 10.2 Å². The number of hydrogen-bond donors (Lipinski definition) is 1. The fourth-order valence-corrected chi connectivity index (χ4v) is 0.734. The van der Waals surface area contributed by atoms with Crippen molar-refractivity contribution in [3.05, 3.63) is 17.8 Å². The van der Waals surface area contributed by atoms with Crippen molar-refractivity contribution >= 4 is 17.2 Å². The van der Waals surface area contributed by atoms with Gasteiger partial charge in [0.2, 0.25) is 0 Å². The third-order valence-electron chi connectivity index (χ3n) is 0.969. The average Bonchev–Trinajstić information content (AvgIpc) is 2.13. The van der Waals surface area contributed by atoms with E-state index in [1.807, 2.05) is 0 Å². The zero-order valence-corrected chi connectivity index (χ0v) is 5.73. The van der Waals surface area contributed by atoms with E-state index in [2.05, 4.69) is 17.2 Å². The third kappa shape index (κ3) is 1.08. The molecule has 0 aliphatic carbocycles. The summed E-state index contributed by atoms with van der Waals surface area (Å²) in [6.07, 6.45) is 1.32. The zero-order chi connectivity index (χ0) is 6.85. The summed E-state index contributed by atoms with van der Waals surface area (Å²) in [4.78, 5) is 4.06. The number of nitrogens with zero attached hydrogens (tertiary/aromatic N) is 1. The van der Waals surface area contributed by atoms with E-state index < -0.39 is 0 Å². The maximum Gasteiger partial charge on any atom is 0.184 e. The van der Waals surface area contributed by atoms with Gasteiger partial charge in [0, 0.05) is 0 Å². The van der Waals surface area contributed by atoms with Crippen LogP contribution in [0.15, 0.2) is 10.8 Å². The molecule has 0 aromatic carbocycles. The van der Waals surface area contributed by atoms with E-state index in [0.717, 1.165) is 5.69 Å². The number of thiocarbonyl (C=S) groups is 1. The molecule has 0 saturated carbocycles. The molecule has 0 spiro atoms. The molecule has 0 aliphatic rings. The molecule has 2 N–H and O–H groups in total. The Morgan fingerprint density at radius 3 is 2.78 bits per heavy atom. The van der Waals surface area contributed by atoms with Crippen LogP contribution in [0.1, 0.15) is 11.5 Å². The number of rotatable bonds is 1. The highest BCUT2D eigenvalue weighted by Gasteiger charge is 2.03. The summed E-state index contributed by atoms with van der Waals surface area (Å²) in [5, 5.41) is 0. The van der Waals surface area contributed by atoms with Gasteiger partial charge in [-0.2, -0.15) is 0 Å². The van der Waals surface area contributed by atoms with Crippen LogP contribution in [-0.2, 0) is 0 Å². The minimum absolute atomic E-state index is 0.255. The van der Waals surface area contributed by atoms with E-state index in [-0.39, 0.29) is 4.99 Å². The monoisotopic (exact) mass is 142 g/mol. The maximum absolute atomic E-state index is 5.26. The van der Waals surface area contributed by atoms with Crippen molar-refractivity contribution in [3.8, 4) is 0 Å². The van der Waals surface area contributed by atoms with Crippen LogP contribution in [0.5, 0.6) is 0 Å². The molecule has 0 fully saturated rings. The number of aryl methyl sites for hydroxylation is 1. The van der Waals surface area contributed by atoms with Crippen molar-refractivity contribution in [2.75, 3.05) is 0 Å². The summed E-state index contributed by atoms with van der Waals surface area (Å²) in [5.41, 5.74) is 6.00. The molecule has 1 aromatic rings. The van der Waals surface area contributed by atoms with Gasteiger partial charge in [-0.1, -0.05) is 12.2 Å². The van der Waals surface area contributed by atoms with Gasteiger partial charge >= 0.3 is 0 Å². The first-order valence-electron chi connectivity index (χ1n) is 2.41. The molecule has 0 saturated heterocycles. The summed E-state index contributed by atoms with van der Waals surface area (Å²) >= 11 is 4.65. The Morgan fingerprint density at radius 1 is 1.89 bits per heavy atom. The van der Waals surface area contributed by atoms with Gasteiger partial charge in [-0.05, 0) is 6.92 Å². The topological polar surface area (TPSA) is 52.0 Å². The third-order valence-corrected chi connectivity index (χ3v) is 1.15. The Morgan fingerprint density at radius 2 is 2.56 bits per heavy atom. The molecular formula is C5H6N2OS. The number of oxazole rings is 1. The zero-order valence-electron chi connectivity index (χ0n) is 4.92. The lowest BCUT2D eigenvalue weighted by atomic mass is 10.4. The summed E-state index contributed by atoms with van der Waals surface area (Å²) in [5.74, 6) is 0.505. The minimum atomic E-state index is 0.255. The molecule has 0 bridgehead atoms. The van der Waals surface area contributed by atoms with Crippen LogP contribution in [0.3, 0.4) is 0 Å². The standard InChI is InChI=1S/C5H6N2OS/c1-3-4(5(6)9)8-2-7-3/h2H,1H3,(H2,6,9). The molecule has 1 aromatic heterocycles. The molecule has 0 amide bonds. The second-order valence-electron chi connectivity index (χ2n) is 1.63. The second-order valence-corrected chi connectivity index (χ2v) is 2.07. The first-order chi connectivity index (χ1) is 4.22. The van der Waals surface area contributed by atoms with Crippen molar-refractivity contribution in [2.24, 2.45) is 5.73 Å². The Balaban J connectivity index is 3.08. The lowest BCUT2D eigenvalue weighted by Crippen LogP contribution is -2.09. The van der Waals surface area contributed by atoms with E-state index in [1.165, 1.54) is 6.39 Å². The smallest absolute Gasteiger partial charge is 0.184 e. The van der Waals surface area contributed by atoms with Crippen LogP contribution in [-0.4, -0.2) is 9.97 Å². The Hall–Kier alpha value is -0.900. The lowest BCUT2D eigenvalue weighted by Gasteiger charge is -1.88. The summed E-state index contributed by atoms with van der Waals surface area (Å²) in [6.45, 7) is 1.79. The number of hydrogen-bond acceptors (Lipinski definition) is 3. The van der Waals surface area contributed by atoms with Gasteiger partial charge in [0.15, 0.2) is 12.2 Å².